The summed E-state index contributed by atoms with van der Waals surface area (Å²) in [5.74, 6) is 1.14. The topological polar surface area (TPSA) is 116 Å². The SMILES string of the molecule is Nc1ccc2c(c1)Oc1cc(N)cc(-c3cccc([N+](=O)[O-])c3)c1N2. The van der Waals surface area contributed by atoms with Crippen molar-refractivity contribution in [2.24, 2.45) is 0 Å². The number of rotatable bonds is 2. The van der Waals surface area contributed by atoms with Gasteiger partial charge in [-0.15, -0.1) is 0 Å². The van der Waals surface area contributed by atoms with Gasteiger partial charge >= 0.3 is 0 Å². The molecule has 5 N–H and O–H groups in total. The summed E-state index contributed by atoms with van der Waals surface area (Å²) in [6.07, 6.45) is 0. The van der Waals surface area contributed by atoms with Crippen LogP contribution in [0.3, 0.4) is 0 Å². The zero-order chi connectivity index (χ0) is 17.6. The van der Waals surface area contributed by atoms with Gasteiger partial charge in [-0.3, -0.25) is 10.1 Å². The number of nitrogens with zero attached hydrogens (tertiary/aromatic N) is 1. The zero-order valence-electron chi connectivity index (χ0n) is 13.0. The van der Waals surface area contributed by atoms with E-state index < -0.39 is 4.92 Å². The molecule has 7 heteroatoms. The lowest BCUT2D eigenvalue weighted by molar-refractivity contribution is -0.384. The van der Waals surface area contributed by atoms with Gasteiger partial charge in [0.2, 0.25) is 0 Å². The summed E-state index contributed by atoms with van der Waals surface area (Å²) in [4.78, 5) is 10.6. The van der Waals surface area contributed by atoms with E-state index in [-0.39, 0.29) is 5.69 Å². The van der Waals surface area contributed by atoms with Crippen LogP contribution in [0.15, 0.2) is 54.6 Å². The smallest absolute Gasteiger partial charge is 0.270 e. The summed E-state index contributed by atoms with van der Waals surface area (Å²) in [5, 5.41) is 14.4. The first-order chi connectivity index (χ1) is 12.0. The van der Waals surface area contributed by atoms with Gasteiger partial charge in [-0.2, -0.15) is 0 Å². The maximum atomic E-state index is 11.1. The van der Waals surface area contributed by atoms with E-state index in [1.807, 2.05) is 6.07 Å². The number of nitro groups is 1. The van der Waals surface area contributed by atoms with Crippen LogP contribution in [0.25, 0.3) is 11.1 Å². The standard InChI is InChI=1S/C18H14N4O3/c19-11-4-5-15-16(8-11)25-17-9-12(20)7-14(18(17)21-15)10-2-1-3-13(6-10)22(23)24/h1-9,21H,19-20H2. The Labute approximate surface area is 143 Å². The first-order valence-electron chi connectivity index (χ1n) is 7.54. The van der Waals surface area contributed by atoms with E-state index in [2.05, 4.69) is 5.32 Å². The molecule has 0 amide bonds. The number of nitrogens with one attached hydrogen (secondary N) is 1. The largest absolute Gasteiger partial charge is 0.453 e. The van der Waals surface area contributed by atoms with E-state index in [1.54, 1.807) is 36.4 Å². The summed E-state index contributed by atoms with van der Waals surface area (Å²) in [6.45, 7) is 0. The second-order valence-corrected chi connectivity index (χ2v) is 5.73. The molecule has 0 saturated carbocycles. The molecular weight excluding hydrogens is 320 g/mol. The van der Waals surface area contributed by atoms with Crippen LogP contribution in [0.5, 0.6) is 11.5 Å². The van der Waals surface area contributed by atoms with E-state index >= 15 is 0 Å². The Balaban J connectivity index is 1.87. The molecule has 1 heterocycles. The molecule has 7 nitrogen and oxygen atoms in total. The third kappa shape index (κ3) is 2.57. The molecule has 0 aliphatic carbocycles. The summed E-state index contributed by atoms with van der Waals surface area (Å²) in [6, 6.07) is 15.2. The van der Waals surface area contributed by atoms with E-state index in [1.165, 1.54) is 12.1 Å². The van der Waals surface area contributed by atoms with E-state index in [0.29, 0.717) is 34.1 Å². The van der Waals surface area contributed by atoms with Crippen LogP contribution >= 0.6 is 0 Å². The van der Waals surface area contributed by atoms with Crippen molar-refractivity contribution in [1.29, 1.82) is 0 Å². The molecule has 4 rings (SSSR count). The second kappa shape index (κ2) is 5.41. The number of nitro benzene ring substituents is 1. The monoisotopic (exact) mass is 334 g/mol. The molecule has 3 aromatic rings. The van der Waals surface area contributed by atoms with Gasteiger partial charge in [0.1, 0.15) is 0 Å². The molecule has 0 fully saturated rings. The highest BCUT2D eigenvalue weighted by Crippen LogP contribution is 2.48. The maximum Gasteiger partial charge on any atom is 0.270 e. The number of hydrogen-bond donors (Lipinski definition) is 3. The molecule has 3 aromatic carbocycles. The highest BCUT2D eigenvalue weighted by Gasteiger charge is 2.22. The first-order valence-corrected chi connectivity index (χ1v) is 7.54. The predicted octanol–water partition coefficient (Wildman–Crippen LogP) is 4.28. The number of anilines is 4. The normalized spacial score (nSPS) is 11.7. The number of fused-ring (bicyclic) bond motifs is 2. The van der Waals surface area contributed by atoms with Crippen molar-refractivity contribution in [3.05, 3.63) is 64.7 Å². The van der Waals surface area contributed by atoms with Crippen molar-refractivity contribution >= 4 is 28.4 Å². The maximum absolute atomic E-state index is 11.1. The molecule has 0 atom stereocenters. The molecule has 1 aliphatic heterocycles. The zero-order valence-corrected chi connectivity index (χ0v) is 13.0. The van der Waals surface area contributed by atoms with Gasteiger partial charge in [0, 0.05) is 41.2 Å². The fourth-order valence-corrected chi connectivity index (χ4v) is 2.84. The van der Waals surface area contributed by atoms with Gasteiger partial charge in [0.15, 0.2) is 11.5 Å². The minimum Gasteiger partial charge on any atom is -0.453 e. The van der Waals surface area contributed by atoms with Crippen molar-refractivity contribution in [3.8, 4) is 22.6 Å². The molecule has 1 aliphatic rings. The van der Waals surface area contributed by atoms with Crippen LogP contribution in [0.2, 0.25) is 0 Å². The van der Waals surface area contributed by atoms with Crippen LogP contribution < -0.4 is 21.5 Å². The average Bonchev–Trinajstić information content (AvgIpc) is 2.59. The molecule has 124 valence electrons. The van der Waals surface area contributed by atoms with Crippen molar-refractivity contribution in [3.63, 3.8) is 0 Å². The lowest BCUT2D eigenvalue weighted by atomic mass is 10.0. The summed E-state index contributed by atoms with van der Waals surface area (Å²) >= 11 is 0. The van der Waals surface area contributed by atoms with Crippen LogP contribution in [0.4, 0.5) is 28.4 Å². The number of benzene rings is 3. The summed E-state index contributed by atoms with van der Waals surface area (Å²) in [7, 11) is 0. The number of nitrogen functional groups attached to an aromatic ring is 2. The van der Waals surface area contributed by atoms with Gasteiger partial charge in [-0.25, -0.2) is 0 Å². The third-order valence-electron chi connectivity index (χ3n) is 3.98. The van der Waals surface area contributed by atoms with Crippen LogP contribution in [0.1, 0.15) is 0 Å². The van der Waals surface area contributed by atoms with Gasteiger partial charge in [-0.1, -0.05) is 12.1 Å². The number of non-ortho nitro benzene ring substituents is 1. The highest BCUT2D eigenvalue weighted by molar-refractivity contribution is 5.91. The molecule has 0 unspecified atom stereocenters. The van der Waals surface area contributed by atoms with E-state index in [0.717, 1.165) is 11.3 Å². The Hall–Kier alpha value is -3.74. The van der Waals surface area contributed by atoms with Crippen molar-refractivity contribution in [2.45, 2.75) is 0 Å². The predicted molar refractivity (Wildman–Crippen MR) is 97.2 cm³/mol. The van der Waals surface area contributed by atoms with Crippen molar-refractivity contribution in [2.75, 3.05) is 16.8 Å². The van der Waals surface area contributed by atoms with Crippen LogP contribution in [-0.2, 0) is 0 Å². The number of nitrogens with two attached hydrogens (primary N) is 2. The molecular formula is C18H14N4O3. The Bertz CT molecular complexity index is 1020. The fourth-order valence-electron chi connectivity index (χ4n) is 2.84. The average molecular weight is 334 g/mol. The number of hydrogen-bond acceptors (Lipinski definition) is 6. The quantitative estimate of drug-likeness (QED) is 0.286. The van der Waals surface area contributed by atoms with Crippen molar-refractivity contribution in [1.82, 2.24) is 0 Å². The van der Waals surface area contributed by atoms with Gasteiger partial charge in [0.25, 0.3) is 5.69 Å². The Kier molecular flexibility index (Phi) is 3.21. The highest BCUT2D eigenvalue weighted by atomic mass is 16.6. The Morgan fingerprint density at radius 3 is 2.56 bits per heavy atom. The second-order valence-electron chi connectivity index (χ2n) is 5.73. The lowest BCUT2D eigenvalue weighted by Gasteiger charge is -2.25. The molecule has 0 bridgehead atoms. The summed E-state index contributed by atoms with van der Waals surface area (Å²) in [5.41, 5.74) is 15.8. The lowest BCUT2D eigenvalue weighted by Crippen LogP contribution is -2.06. The first kappa shape index (κ1) is 14.8. The molecule has 0 spiro atoms. The Morgan fingerprint density at radius 2 is 1.76 bits per heavy atom. The molecule has 0 aromatic heterocycles. The number of ether oxygens (including phenoxy) is 1. The molecule has 0 saturated heterocycles. The Morgan fingerprint density at radius 1 is 0.960 bits per heavy atom. The minimum absolute atomic E-state index is 0.0126. The van der Waals surface area contributed by atoms with E-state index in [4.69, 9.17) is 16.2 Å². The minimum atomic E-state index is -0.426. The fraction of sp³-hybridized carbons (Fsp3) is 0. The van der Waals surface area contributed by atoms with Crippen LogP contribution in [-0.4, -0.2) is 4.92 Å². The third-order valence-corrected chi connectivity index (χ3v) is 3.98. The van der Waals surface area contributed by atoms with Gasteiger partial charge < -0.3 is 21.5 Å². The summed E-state index contributed by atoms with van der Waals surface area (Å²) < 4.78 is 5.92. The van der Waals surface area contributed by atoms with Crippen molar-refractivity contribution < 1.29 is 9.66 Å². The molecule has 25 heavy (non-hydrogen) atoms. The van der Waals surface area contributed by atoms with E-state index in [9.17, 15) is 10.1 Å². The van der Waals surface area contributed by atoms with Gasteiger partial charge in [-0.05, 0) is 23.8 Å². The van der Waals surface area contributed by atoms with Gasteiger partial charge in [0.05, 0.1) is 16.3 Å². The molecule has 0 radical (unpaired) electrons. The van der Waals surface area contributed by atoms with Crippen LogP contribution in [0, 0.1) is 10.1 Å².